The maximum Gasteiger partial charge on any atom is 0.254 e. The first-order valence-corrected chi connectivity index (χ1v) is 8.73. The van der Waals surface area contributed by atoms with Crippen LogP contribution in [-0.4, -0.2) is 46.7 Å². The first kappa shape index (κ1) is 17.0. The van der Waals surface area contributed by atoms with Crippen molar-refractivity contribution >= 4 is 17.7 Å². The van der Waals surface area contributed by atoms with Gasteiger partial charge in [0.2, 0.25) is 11.8 Å². The van der Waals surface area contributed by atoms with E-state index in [2.05, 4.69) is 6.58 Å². The van der Waals surface area contributed by atoms with Crippen molar-refractivity contribution in [1.29, 1.82) is 0 Å². The van der Waals surface area contributed by atoms with Crippen LogP contribution < -0.4 is 5.73 Å². The lowest BCUT2D eigenvalue weighted by molar-refractivity contribution is -0.132. The summed E-state index contributed by atoms with van der Waals surface area (Å²) in [4.78, 5) is 39.4. The molecule has 136 valence electrons. The van der Waals surface area contributed by atoms with Gasteiger partial charge in [-0.05, 0) is 41.0 Å². The molecule has 2 aliphatic rings. The first-order valence-electron chi connectivity index (χ1n) is 8.73. The Morgan fingerprint density at radius 3 is 2.56 bits per heavy atom. The van der Waals surface area contributed by atoms with E-state index in [1.807, 2.05) is 29.2 Å². The fourth-order valence-corrected chi connectivity index (χ4v) is 3.61. The fourth-order valence-electron chi connectivity index (χ4n) is 3.61. The van der Waals surface area contributed by atoms with Crippen molar-refractivity contribution in [2.24, 2.45) is 5.73 Å². The molecular formula is C21H19N3O3. The molecule has 0 bridgehead atoms. The van der Waals surface area contributed by atoms with Crippen molar-refractivity contribution < 1.29 is 14.4 Å². The van der Waals surface area contributed by atoms with E-state index in [0.29, 0.717) is 30.8 Å². The molecule has 2 aromatic rings. The molecule has 2 aliphatic heterocycles. The second-order valence-electron chi connectivity index (χ2n) is 6.85. The maximum absolute atomic E-state index is 12.9. The van der Waals surface area contributed by atoms with Gasteiger partial charge in [0.15, 0.2) is 0 Å². The molecule has 0 aliphatic carbocycles. The number of amides is 3. The Bertz CT molecular complexity index is 976. The second kappa shape index (κ2) is 6.39. The lowest BCUT2D eigenvalue weighted by atomic mass is 9.99. The lowest BCUT2D eigenvalue weighted by Gasteiger charge is -2.43. The van der Waals surface area contributed by atoms with Crippen molar-refractivity contribution in [3.8, 4) is 11.1 Å². The summed E-state index contributed by atoms with van der Waals surface area (Å²) in [5, 5.41) is 0. The average molecular weight is 361 g/mol. The predicted octanol–water partition coefficient (Wildman–Crippen LogP) is 1.81. The van der Waals surface area contributed by atoms with Crippen LogP contribution in [-0.2, 0) is 11.3 Å². The van der Waals surface area contributed by atoms with Crippen molar-refractivity contribution in [3.63, 3.8) is 0 Å². The van der Waals surface area contributed by atoms with Crippen LogP contribution in [0.25, 0.3) is 11.1 Å². The molecule has 3 amide bonds. The van der Waals surface area contributed by atoms with Crippen LogP contribution in [0, 0.1) is 0 Å². The number of primary amides is 1. The molecule has 6 heteroatoms. The van der Waals surface area contributed by atoms with Crippen LogP contribution in [0.15, 0.2) is 55.1 Å². The SMILES string of the molecule is C=CC(=O)N1CC(N2Cc3ccc(-c4cccc(C(N)=O)c4)cc3C2=O)C1. The molecule has 0 aromatic heterocycles. The van der Waals surface area contributed by atoms with Gasteiger partial charge < -0.3 is 15.5 Å². The Balaban J connectivity index is 1.56. The van der Waals surface area contributed by atoms with Crippen LogP contribution in [0.4, 0.5) is 0 Å². The van der Waals surface area contributed by atoms with E-state index < -0.39 is 5.91 Å². The minimum absolute atomic E-state index is 0.0198. The smallest absolute Gasteiger partial charge is 0.254 e. The Morgan fingerprint density at radius 1 is 1.11 bits per heavy atom. The van der Waals surface area contributed by atoms with Crippen LogP contribution in [0.5, 0.6) is 0 Å². The molecule has 27 heavy (non-hydrogen) atoms. The van der Waals surface area contributed by atoms with Crippen molar-refractivity contribution in [2.75, 3.05) is 13.1 Å². The van der Waals surface area contributed by atoms with Crippen LogP contribution >= 0.6 is 0 Å². The summed E-state index contributed by atoms with van der Waals surface area (Å²) in [6.45, 7) is 5.12. The molecule has 6 nitrogen and oxygen atoms in total. The van der Waals surface area contributed by atoms with Gasteiger partial charge >= 0.3 is 0 Å². The largest absolute Gasteiger partial charge is 0.366 e. The molecule has 0 spiro atoms. The highest BCUT2D eigenvalue weighted by Gasteiger charge is 2.40. The van der Waals surface area contributed by atoms with E-state index >= 15 is 0 Å². The molecule has 0 radical (unpaired) electrons. The van der Waals surface area contributed by atoms with Crippen LogP contribution in [0.2, 0.25) is 0 Å². The molecule has 2 heterocycles. The number of nitrogens with zero attached hydrogens (tertiary/aromatic N) is 2. The zero-order valence-corrected chi connectivity index (χ0v) is 14.7. The normalized spacial score (nSPS) is 16.1. The number of hydrogen-bond acceptors (Lipinski definition) is 3. The van der Waals surface area contributed by atoms with Crippen molar-refractivity contribution in [2.45, 2.75) is 12.6 Å². The predicted molar refractivity (Wildman–Crippen MR) is 101 cm³/mol. The third kappa shape index (κ3) is 2.89. The fraction of sp³-hybridized carbons (Fsp3) is 0.190. The summed E-state index contributed by atoms with van der Waals surface area (Å²) < 4.78 is 0. The summed E-state index contributed by atoms with van der Waals surface area (Å²) in [6, 6.07) is 12.9. The number of rotatable bonds is 4. The molecular weight excluding hydrogens is 342 g/mol. The zero-order chi connectivity index (χ0) is 19.1. The van der Waals surface area contributed by atoms with Gasteiger partial charge in [0.25, 0.3) is 5.91 Å². The number of fused-ring (bicyclic) bond motifs is 1. The molecule has 2 aromatic carbocycles. The topological polar surface area (TPSA) is 83.7 Å². The van der Waals surface area contributed by atoms with Gasteiger partial charge in [-0.25, -0.2) is 0 Å². The summed E-state index contributed by atoms with van der Waals surface area (Å²) >= 11 is 0. The highest BCUT2D eigenvalue weighted by molar-refractivity contribution is 6.00. The third-order valence-corrected chi connectivity index (χ3v) is 5.21. The Hall–Kier alpha value is -3.41. The molecule has 1 saturated heterocycles. The van der Waals surface area contributed by atoms with Gasteiger partial charge in [0, 0.05) is 30.8 Å². The molecule has 0 atom stereocenters. The van der Waals surface area contributed by atoms with E-state index in [9.17, 15) is 14.4 Å². The lowest BCUT2D eigenvalue weighted by Crippen LogP contribution is -2.60. The van der Waals surface area contributed by atoms with Gasteiger partial charge in [-0.3, -0.25) is 14.4 Å². The number of nitrogens with two attached hydrogens (primary N) is 1. The van der Waals surface area contributed by atoms with Crippen LogP contribution in [0.3, 0.4) is 0 Å². The Kier molecular flexibility index (Phi) is 4.03. The van der Waals surface area contributed by atoms with E-state index in [-0.39, 0.29) is 17.9 Å². The van der Waals surface area contributed by atoms with Gasteiger partial charge in [-0.2, -0.15) is 0 Å². The molecule has 0 unspecified atom stereocenters. The number of benzene rings is 2. The summed E-state index contributed by atoms with van der Waals surface area (Å²) in [7, 11) is 0. The van der Waals surface area contributed by atoms with Gasteiger partial charge in [0.1, 0.15) is 0 Å². The second-order valence-corrected chi connectivity index (χ2v) is 6.85. The first-order chi connectivity index (χ1) is 13.0. The third-order valence-electron chi connectivity index (χ3n) is 5.21. The molecule has 0 saturated carbocycles. The highest BCUT2D eigenvalue weighted by atomic mass is 16.2. The monoisotopic (exact) mass is 361 g/mol. The summed E-state index contributed by atoms with van der Waals surface area (Å²) in [6.07, 6.45) is 1.29. The molecule has 1 fully saturated rings. The van der Waals surface area contributed by atoms with Crippen molar-refractivity contribution in [1.82, 2.24) is 9.80 Å². The van der Waals surface area contributed by atoms with Gasteiger partial charge in [0.05, 0.1) is 6.04 Å². The average Bonchev–Trinajstić information content (AvgIpc) is 2.96. The number of carbonyl (C=O) groups excluding carboxylic acids is 3. The standard InChI is InChI=1S/C21H19N3O3/c1-2-19(25)23-11-17(12-23)24-10-16-7-6-14(9-18(16)21(24)27)13-4-3-5-15(8-13)20(22)26/h2-9,17H,1,10-12H2,(H2,22,26). The van der Waals surface area contributed by atoms with E-state index in [1.165, 1.54) is 6.08 Å². The van der Waals surface area contributed by atoms with Crippen LogP contribution in [0.1, 0.15) is 26.3 Å². The van der Waals surface area contributed by atoms with Crippen molar-refractivity contribution in [3.05, 3.63) is 71.8 Å². The van der Waals surface area contributed by atoms with E-state index in [4.69, 9.17) is 5.73 Å². The number of likely N-dealkylation sites (tertiary alicyclic amines) is 1. The minimum atomic E-state index is -0.483. The summed E-state index contributed by atoms with van der Waals surface area (Å²) in [5.41, 5.74) is 9.14. The Morgan fingerprint density at radius 2 is 1.85 bits per heavy atom. The van der Waals surface area contributed by atoms with E-state index in [1.54, 1.807) is 23.1 Å². The van der Waals surface area contributed by atoms with Gasteiger partial charge in [-0.1, -0.05) is 30.8 Å². The quantitative estimate of drug-likeness (QED) is 0.843. The highest BCUT2D eigenvalue weighted by Crippen LogP contribution is 2.31. The number of hydrogen-bond donors (Lipinski definition) is 1. The molecule has 2 N–H and O–H groups in total. The zero-order valence-electron chi connectivity index (χ0n) is 14.7. The summed E-state index contributed by atoms with van der Waals surface area (Å²) in [5.74, 6) is -0.607. The minimum Gasteiger partial charge on any atom is -0.366 e. The molecule has 4 rings (SSSR count). The van der Waals surface area contributed by atoms with Gasteiger partial charge in [-0.15, -0.1) is 0 Å². The van der Waals surface area contributed by atoms with E-state index in [0.717, 1.165) is 16.7 Å². The number of carbonyl (C=O) groups is 3. The Labute approximate surface area is 156 Å². The maximum atomic E-state index is 12.9.